The van der Waals surface area contributed by atoms with E-state index < -0.39 is 0 Å². The normalized spacial score (nSPS) is 14.4. The van der Waals surface area contributed by atoms with Gasteiger partial charge in [0.2, 0.25) is 0 Å². The first-order valence-corrected chi connectivity index (χ1v) is 7.13. The molecule has 4 heteroatoms. The van der Waals surface area contributed by atoms with Gasteiger partial charge in [-0.05, 0) is 51.1 Å². The van der Waals surface area contributed by atoms with E-state index in [1.54, 1.807) is 18.4 Å². The Kier molecular flexibility index (Phi) is 4.80. The van der Waals surface area contributed by atoms with Crippen molar-refractivity contribution in [1.82, 2.24) is 4.90 Å². The molecule has 0 bridgehead atoms. The van der Waals surface area contributed by atoms with Crippen LogP contribution in [-0.2, 0) is 13.0 Å². The standard InChI is InChI=1S/C17H23FN2O/c1-13-15(7-8-21-13)11-20(3)17(2,12-19)10-14-5-4-6-16(18)9-14/h4-9H,10-12,19H2,1-3H3. The largest absolute Gasteiger partial charge is 0.469 e. The van der Waals surface area contributed by atoms with Gasteiger partial charge in [0.15, 0.2) is 0 Å². The molecule has 2 rings (SSSR count). The number of likely N-dealkylation sites (N-methyl/N-ethyl adjacent to an activating group) is 1. The highest BCUT2D eigenvalue weighted by Gasteiger charge is 2.28. The zero-order valence-corrected chi connectivity index (χ0v) is 12.9. The second-order valence-corrected chi connectivity index (χ2v) is 5.87. The number of furan rings is 1. The van der Waals surface area contributed by atoms with E-state index in [0.717, 1.165) is 23.4 Å². The van der Waals surface area contributed by atoms with Crippen molar-refractivity contribution in [2.45, 2.75) is 32.4 Å². The molecule has 3 nitrogen and oxygen atoms in total. The fourth-order valence-corrected chi connectivity index (χ4v) is 2.47. The molecule has 1 atom stereocenters. The van der Waals surface area contributed by atoms with Gasteiger partial charge in [-0.3, -0.25) is 4.90 Å². The molecule has 0 spiro atoms. The Bertz CT molecular complexity index is 596. The number of hydrogen-bond donors (Lipinski definition) is 1. The molecule has 0 aliphatic carbocycles. The van der Waals surface area contributed by atoms with Gasteiger partial charge in [0.05, 0.1) is 6.26 Å². The fraction of sp³-hybridized carbons (Fsp3) is 0.412. The third-order valence-corrected chi connectivity index (χ3v) is 4.21. The summed E-state index contributed by atoms with van der Waals surface area (Å²) in [7, 11) is 2.04. The van der Waals surface area contributed by atoms with Gasteiger partial charge in [-0.15, -0.1) is 0 Å². The quantitative estimate of drug-likeness (QED) is 0.889. The molecule has 1 heterocycles. The van der Waals surface area contributed by atoms with Crippen LogP contribution < -0.4 is 5.73 Å². The van der Waals surface area contributed by atoms with Gasteiger partial charge in [-0.2, -0.15) is 0 Å². The smallest absolute Gasteiger partial charge is 0.123 e. The van der Waals surface area contributed by atoms with Gasteiger partial charge in [-0.1, -0.05) is 12.1 Å². The Hall–Kier alpha value is -1.65. The first-order valence-electron chi connectivity index (χ1n) is 7.13. The second kappa shape index (κ2) is 6.41. The van der Waals surface area contributed by atoms with Crippen molar-refractivity contribution in [3.8, 4) is 0 Å². The molecular weight excluding hydrogens is 267 g/mol. The summed E-state index contributed by atoms with van der Waals surface area (Å²) in [4.78, 5) is 2.20. The molecule has 0 fully saturated rings. The van der Waals surface area contributed by atoms with Crippen LogP contribution in [0.15, 0.2) is 41.0 Å². The minimum Gasteiger partial charge on any atom is -0.469 e. The van der Waals surface area contributed by atoms with Crippen LogP contribution in [0.2, 0.25) is 0 Å². The summed E-state index contributed by atoms with van der Waals surface area (Å²) < 4.78 is 18.7. The predicted octanol–water partition coefficient (Wildman–Crippen LogP) is 3.12. The maximum atomic E-state index is 13.3. The van der Waals surface area contributed by atoms with E-state index in [0.29, 0.717) is 13.0 Å². The molecule has 0 aliphatic rings. The Balaban J connectivity index is 2.14. The number of rotatable bonds is 6. The van der Waals surface area contributed by atoms with Gasteiger partial charge >= 0.3 is 0 Å². The topological polar surface area (TPSA) is 42.4 Å². The predicted molar refractivity (Wildman–Crippen MR) is 82.5 cm³/mol. The van der Waals surface area contributed by atoms with Crippen LogP contribution >= 0.6 is 0 Å². The molecule has 2 aromatic rings. The zero-order chi connectivity index (χ0) is 15.5. The van der Waals surface area contributed by atoms with E-state index in [-0.39, 0.29) is 11.4 Å². The highest BCUT2D eigenvalue weighted by molar-refractivity contribution is 5.20. The minimum absolute atomic E-state index is 0.208. The third-order valence-electron chi connectivity index (χ3n) is 4.21. The maximum absolute atomic E-state index is 13.3. The van der Waals surface area contributed by atoms with Gasteiger partial charge < -0.3 is 10.2 Å². The summed E-state index contributed by atoms with van der Waals surface area (Å²) in [6.45, 7) is 5.31. The van der Waals surface area contributed by atoms with Crippen molar-refractivity contribution in [2.24, 2.45) is 5.73 Å². The first kappa shape index (κ1) is 15.7. The number of nitrogens with zero attached hydrogens (tertiary/aromatic N) is 1. The van der Waals surface area contributed by atoms with Crippen molar-refractivity contribution in [1.29, 1.82) is 0 Å². The molecular formula is C17H23FN2O. The third kappa shape index (κ3) is 3.71. The summed E-state index contributed by atoms with van der Waals surface area (Å²) in [6, 6.07) is 8.69. The van der Waals surface area contributed by atoms with Crippen LogP contribution in [0.4, 0.5) is 4.39 Å². The van der Waals surface area contributed by atoms with Crippen molar-refractivity contribution >= 4 is 0 Å². The van der Waals surface area contributed by atoms with E-state index in [2.05, 4.69) is 11.8 Å². The molecule has 0 saturated heterocycles. The van der Waals surface area contributed by atoms with Crippen LogP contribution in [0.1, 0.15) is 23.8 Å². The lowest BCUT2D eigenvalue weighted by atomic mass is 9.91. The second-order valence-electron chi connectivity index (χ2n) is 5.87. The Morgan fingerprint density at radius 1 is 1.33 bits per heavy atom. The lowest BCUT2D eigenvalue weighted by Gasteiger charge is -2.38. The molecule has 114 valence electrons. The van der Waals surface area contributed by atoms with E-state index >= 15 is 0 Å². The highest BCUT2D eigenvalue weighted by Crippen LogP contribution is 2.22. The van der Waals surface area contributed by atoms with E-state index in [1.165, 1.54) is 6.07 Å². The molecule has 2 N–H and O–H groups in total. The molecule has 1 aromatic carbocycles. The Morgan fingerprint density at radius 3 is 2.67 bits per heavy atom. The van der Waals surface area contributed by atoms with E-state index in [9.17, 15) is 4.39 Å². The lowest BCUT2D eigenvalue weighted by molar-refractivity contribution is 0.135. The molecule has 1 unspecified atom stereocenters. The van der Waals surface area contributed by atoms with Gasteiger partial charge in [0.1, 0.15) is 11.6 Å². The summed E-state index contributed by atoms with van der Waals surface area (Å²) in [5.41, 5.74) is 7.87. The van der Waals surface area contributed by atoms with Crippen molar-refractivity contribution in [2.75, 3.05) is 13.6 Å². The Labute approximate surface area is 125 Å². The van der Waals surface area contributed by atoms with Crippen molar-refractivity contribution in [3.63, 3.8) is 0 Å². The average molecular weight is 290 g/mol. The van der Waals surface area contributed by atoms with Crippen LogP contribution in [0.3, 0.4) is 0 Å². The maximum Gasteiger partial charge on any atom is 0.123 e. The number of benzene rings is 1. The molecule has 0 saturated carbocycles. The summed E-state index contributed by atoms with van der Waals surface area (Å²) in [5, 5.41) is 0. The molecule has 1 aromatic heterocycles. The first-order chi connectivity index (χ1) is 9.94. The monoisotopic (exact) mass is 290 g/mol. The van der Waals surface area contributed by atoms with Gasteiger partial charge in [-0.25, -0.2) is 4.39 Å². The zero-order valence-electron chi connectivity index (χ0n) is 12.9. The summed E-state index contributed by atoms with van der Waals surface area (Å²) in [5.74, 6) is 0.715. The number of nitrogens with two attached hydrogens (primary N) is 1. The fourth-order valence-electron chi connectivity index (χ4n) is 2.47. The average Bonchev–Trinajstić information content (AvgIpc) is 2.84. The molecule has 0 radical (unpaired) electrons. The minimum atomic E-state index is -0.239. The van der Waals surface area contributed by atoms with Gasteiger partial charge in [0, 0.05) is 24.2 Å². The SMILES string of the molecule is Cc1occc1CN(C)C(C)(CN)Cc1cccc(F)c1. The van der Waals surface area contributed by atoms with Crippen molar-refractivity contribution < 1.29 is 8.81 Å². The van der Waals surface area contributed by atoms with Crippen LogP contribution in [-0.4, -0.2) is 24.0 Å². The van der Waals surface area contributed by atoms with E-state index in [4.69, 9.17) is 10.2 Å². The lowest BCUT2D eigenvalue weighted by Crippen LogP contribution is -2.51. The van der Waals surface area contributed by atoms with Crippen LogP contribution in [0, 0.1) is 12.7 Å². The summed E-state index contributed by atoms with van der Waals surface area (Å²) in [6.07, 6.45) is 2.40. The van der Waals surface area contributed by atoms with Crippen molar-refractivity contribution in [3.05, 3.63) is 59.3 Å². The van der Waals surface area contributed by atoms with E-state index in [1.807, 2.05) is 26.1 Å². The van der Waals surface area contributed by atoms with Crippen LogP contribution in [0.5, 0.6) is 0 Å². The number of aryl methyl sites for hydroxylation is 1. The molecule has 0 aliphatic heterocycles. The van der Waals surface area contributed by atoms with Gasteiger partial charge in [0.25, 0.3) is 0 Å². The summed E-state index contributed by atoms with van der Waals surface area (Å²) >= 11 is 0. The number of hydrogen-bond acceptors (Lipinski definition) is 3. The van der Waals surface area contributed by atoms with Crippen LogP contribution in [0.25, 0.3) is 0 Å². The highest BCUT2D eigenvalue weighted by atomic mass is 19.1. The number of halogens is 1. The Morgan fingerprint density at radius 2 is 2.10 bits per heavy atom. The molecule has 21 heavy (non-hydrogen) atoms. The molecule has 0 amide bonds.